The lowest BCUT2D eigenvalue weighted by molar-refractivity contribution is -0.130. The van der Waals surface area contributed by atoms with Crippen LogP contribution in [0.3, 0.4) is 0 Å². The van der Waals surface area contributed by atoms with E-state index in [1.165, 1.54) is 5.56 Å². The van der Waals surface area contributed by atoms with Gasteiger partial charge in [-0.1, -0.05) is 53.2 Å². The maximum absolute atomic E-state index is 12.2. The molecule has 0 fully saturated rings. The number of carbonyl (C=O) groups excluding carboxylic acids is 1. The summed E-state index contributed by atoms with van der Waals surface area (Å²) in [6, 6.07) is 15.9. The Balaban J connectivity index is 1.80. The first-order chi connectivity index (χ1) is 12.5. The van der Waals surface area contributed by atoms with Crippen molar-refractivity contribution < 1.29 is 4.79 Å². The minimum atomic E-state index is 0.0320. The minimum Gasteiger partial charge on any atom is -0.370 e. The molecule has 0 bridgehead atoms. The highest BCUT2D eigenvalue weighted by molar-refractivity contribution is 9.10. The third-order valence-electron chi connectivity index (χ3n) is 4.03. The highest BCUT2D eigenvalue weighted by atomic mass is 79.9. The van der Waals surface area contributed by atoms with Gasteiger partial charge >= 0.3 is 0 Å². The van der Waals surface area contributed by atoms with E-state index in [9.17, 15) is 4.79 Å². The van der Waals surface area contributed by atoms with Crippen molar-refractivity contribution in [1.82, 2.24) is 4.90 Å². The molecule has 26 heavy (non-hydrogen) atoms. The van der Waals surface area contributed by atoms with Crippen molar-refractivity contribution in [2.75, 3.05) is 18.9 Å². The van der Waals surface area contributed by atoms with Crippen LogP contribution in [0.25, 0.3) is 0 Å². The fourth-order valence-electron chi connectivity index (χ4n) is 2.44. The zero-order chi connectivity index (χ0) is 18.9. The van der Waals surface area contributed by atoms with E-state index in [-0.39, 0.29) is 5.91 Å². The minimum absolute atomic E-state index is 0.0320. The number of rotatable bonds is 7. The molecule has 0 aliphatic heterocycles. The molecule has 2 aromatic carbocycles. The van der Waals surface area contributed by atoms with Crippen molar-refractivity contribution in [1.29, 1.82) is 0 Å². The number of aliphatic imine (C=N–C) groups is 1. The maximum Gasteiger partial charge on any atom is 0.224 e. The summed E-state index contributed by atoms with van der Waals surface area (Å²) >= 11 is 3.50. The van der Waals surface area contributed by atoms with Crippen LogP contribution >= 0.6 is 15.9 Å². The molecule has 5 nitrogen and oxygen atoms in total. The quantitative estimate of drug-likeness (QED) is 0.532. The third kappa shape index (κ3) is 6.19. The summed E-state index contributed by atoms with van der Waals surface area (Å²) < 4.78 is 1.00. The van der Waals surface area contributed by atoms with E-state index in [4.69, 9.17) is 5.73 Å². The molecule has 0 aromatic heterocycles. The summed E-state index contributed by atoms with van der Waals surface area (Å²) in [6.07, 6.45) is 1.32. The van der Waals surface area contributed by atoms with Gasteiger partial charge in [0.15, 0.2) is 5.96 Å². The van der Waals surface area contributed by atoms with Crippen molar-refractivity contribution in [3.8, 4) is 0 Å². The van der Waals surface area contributed by atoms with E-state index < -0.39 is 0 Å². The Labute approximate surface area is 163 Å². The van der Waals surface area contributed by atoms with E-state index in [2.05, 4.69) is 45.3 Å². The number of nitrogens with one attached hydrogen (secondary N) is 1. The Morgan fingerprint density at radius 2 is 1.88 bits per heavy atom. The fraction of sp³-hybridized carbons (Fsp3) is 0.300. The number of halogens is 1. The first-order valence-electron chi connectivity index (χ1n) is 8.63. The van der Waals surface area contributed by atoms with Crippen molar-refractivity contribution in [2.24, 2.45) is 10.7 Å². The van der Waals surface area contributed by atoms with Gasteiger partial charge in [-0.2, -0.15) is 0 Å². The molecule has 1 amide bonds. The molecule has 0 saturated heterocycles. The Bertz CT molecular complexity index is 759. The molecule has 0 unspecified atom stereocenters. The molecule has 0 aliphatic rings. The van der Waals surface area contributed by atoms with E-state index >= 15 is 0 Å². The average Bonchev–Trinajstić information content (AvgIpc) is 2.64. The highest BCUT2D eigenvalue weighted by Gasteiger charge is 2.10. The summed E-state index contributed by atoms with van der Waals surface area (Å²) in [5.41, 5.74) is 9.12. The van der Waals surface area contributed by atoms with E-state index in [1.807, 2.05) is 36.4 Å². The number of nitrogens with two attached hydrogens (primary N) is 1. The molecule has 2 aromatic rings. The van der Waals surface area contributed by atoms with Crippen LogP contribution in [0.15, 0.2) is 58.0 Å². The van der Waals surface area contributed by atoms with Gasteiger partial charge in [0, 0.05) is 30.2 Å². The summed E-state index contributed by atoms with van der Waals surface area (Å²) in [5, 5.41) is 3.04. The smallest absolute Gasteiger partial charge is 0.224 e. The fourth-order valence-corrected chi connectivity index (χ4v) is 2.85. The Hall–Kier alpha value is -2.34. The maximum atomic E-state index is 12.2. The molecule has 0 heterocycles. The van der Waals surface area contributed by atoms with Gasteiger partial charge < -0.3 is 16.0 Å². The van der Waals surface area contributed by atoms with Gasteiger partial charge in [-0.15, -0.1) is 0 Å². The third-order valence-corrected chi connectivity index (χ3v) is 4.81. The van der Waals surface area contributed by atoms with Gasteiger partial charge in [0.05, 0.1) is 6.54 Å². The summed E-state index contributed by atoms with van der Waals surface area (Å²) in [4.78, 5) is 18.2. The molecule has 0 saturated carbocycles. The van der Waals surface area contributed by atoms with Crippen LogP contribution in [0.1, 0.15) is 24.5 Å². The van der Waals surface area contributed by atoms with Crippen molar-refractivity contribution >= 4 is 33.5 Å². The molecule has 2 rings (SSSR count). The number of guanidine groups is 1. The largest absolute Gasteiger partial charge is 0.370 e. The molecule has 0 radical (unpaired) electrons. The van der Waals surface area contributed by atoms with Crippen LogP contribution < -0.4 is 11.1 Å². The lowest BCUT2D eigenvalue weighted by atomic mass is 10.1. The Kier molecular flexibility index (Phi) is 7.66. The van der Waals surface area contributed by atoms with Crippen molar-refractivity contribution in [2.45, 2.75) is 26.3 Å². The van der Waals surface area contributed by atoms with Gasteiger partial charge in [0.1, 0.15) is 0 Å². The van der Waals surface area contributed by atoms with Crippen LogP contribution in [-0.2, 0) is 17.8 Å². The van der Waals surface area contributed by atoms with Crippen LogP contribution in [0, 0.1) is 0 Å². The number of hydrogen-bond acceptors (Lipinski definition) is 2. The van der Waals surface area contributed by atoms with E-state index in [0.717, 1.165) is 22.1 Å². The number of aryl methyl sites for hydroxylation is 1. The van der Waals surface area contributed by atoms with Crippen LogP contribution in [0.5, 0.6) is 0 Å². The molecular weight excluding hydrogens is 392 g/mol. The second-order valence-corrected chi connectivity index (χ2v) is 6.89. The molecular formula is C20H25BrN4O. The number of nitrogens with zero attached hydrogens (tertiary/aromatic N) is 2. The van der Waals surface area contributed by atoms with Crippen LogP contribution in [0.2, 0.25) is 0 Å². The second-order valence-electron chi connectivity index (χ2n) is 6.03. The Morgan fingerprint density at radius 3 is 2.54 bits per heavy atom. The van der Waals surface area contributed by atoms with Gasteiger partial charge in [0.25, 0.3) is 0 Å². The zero-order valence-corrected chi connectivity index (χ0v) is 16.8. The van der Waals surface area contributed by atoms with E-state index in [0.29, 0.717) is 25.5 Å². The summed E-state index contributed by atoms with van der Waals surface area (Å²) in [5.74, 6) is 0.347. The monoisotopic (exact) mass is 416 g/mol. The van der Waals surface area contributed by atoms with Gasteiger partial charge in [-0.3, -0.25) is 9.79 Å². The van der Waals surface area contributed by atoms with E-state index in [1.54, 1.807) is 11.9 Å². The average molecular weight is 417 g/mol. The van der Waals surface area contributed by atoms with Gasteiger partial charge in [-0.25, -0.2) is 0 Å². The number of anilines is 1. The topological polar surface area (TPSA) is 70.7 Å². The molecule has 0 spiro atoms. The zero-order valence-electron chi connectivity index (χ0n) is 15.2. The summed E-state index contributed by atoms with van der Waals surface area (Å²) in [6.45, 7) is 3.02. The van der Waals surface area contributed by atoms with Crippen LogP contribution in [0.4, 0.5) is 5.69 Å². The number of carbonyl (C=O) groups is 1. The lowest BCUT2D eigenvalue weighted by Gasteiger charge is -2.17. The van der Waals surface area contributed by atoms with Gasteiger partial charge in [0.2, 0.25) is 5.91 Å². The van der Waals surface area contributed by atoms with Crippen molar-refractivity contribution in [3.05, 3.63) is 64.1 Å². The van der Waals surface area contributed by atoms with Gasteiger partial charge in [-0.05, 0) is 35.7 Å². The normalized spacial score (nSPS) is 11.3. The Morgan fingerprint density at radius 1 is 1.19 bits per heavy atom. The summed E-state index contributed by atoms with van der Waals surface area (Å²) in [7, 11) is 1.79. The number of hydrogen-bond donors (Lipinski definition) is 2. The molecule has 0 aliphatic carbocycles. The number of benzene rings is 2. The standard InChI is InChI=1S/C20H25BrN4O/c1-3-15-8-10-17(11-9-15)24-20(22)23-13-12-19(26)25(2)14-16-6-4-5-7-18(16)21/h4-11H,3,12-14H2,1-2H3,(H3,22,23,24). The predicted molar refractivity (Wildman–Crippen MR) is 111 cm³/mol. The highest BCUT2D eigenvalue weighted by Crippen LogP contribution is 2.17. The molecule has 0 atom stereocenters. The first kappa shape index (κ1) is 20.0. The molecule has 3 N–H and O–H groups in total. The van der Waals surface area contributed by atoms with Crippen LogP contribution in [-0.4, -0.2) is 30.4 Å². The SMILES string of the molecule is CCc1ccc(NC(N)=NCCC(=O)N(C)Cc2ccccc2Br)cc1. The first-order valence-corrected chi connectivity index (χ1v) is 9.42. The molecule has 6 heteroatoms. The van der Waals surface area contributed by atoms with Crippen molar-refractivity contribution in [3.63, 3.8) is 0 Å². The molecule has 138 valence electrons. The second kappa shape index (κ2) is 9.97. The number of amides is 1. The predicted octanol–water partition coefficient (Wildman–Crippen LogP) is 3.79. The lowest BCUT2D eigenvalue weighted by Crippen LogP contribution is -2.28.